The maximum atomic E-state index is 13.0. The predicted molar refractivity (Wildman–Crippen MR) is 109 cm³/mol. The van der Waals surface area contributed by atoms with E-state index < -0.39 is 0 Å². The molecule has 0 radical (unpaired) electrons. The second-order valence-corrected chi connectivity index (χ2v) is 8.19. The van der Waals surface area contributed by atoms with Gasteiger partial charge in [0.2, 0.25) is 5.78 Å². The van der Waals surface area contributed by atoms with Crippen molar-refractivity contribution in [3.05, 3.63) is 63.4 Å². The van der Waals surface area contributed by atoms with Crippen LogP contribution in [-0.2, 0) is 6.54 Å². The van der Waals surface area contributed by atoms with Crippen LogP contribution in [-0.4, -0.2) is 23.5 Å². The van der Waals surface area contributed by atoms with Crippen LogP contribution in [0.15, 0.2) is 36.1 Å². The maximum absolute atomic E-state index is 13.0. The molecule has 0 aromatic heterocycles. The monoisotopic (exact) mass is 395 g/mol. The van der Waals surface area contributed by atoms with Gasteiger partial charge in [0.25, 0.3) is 0 Å². The molecule has 1 fully saturated rings. The first-order chi connectivity index (χ1) is 13.6. The maximum Gasteiger partial charge on any atom is 0.231 e. The molecule has 0 amide bonds. The van der Waals surface area contributed by atoms with E-state index in [0.29, 0.717) is 34.9 Å². The Hall–Kier alpha value is -2.30. The molecule has 5 heteroatoms. The molecule has 3 aliphatic rings. The van der Waals surface area contributed by atoms with Gasteiger partial charge in [-0.2, -0.15) is 0 Å². The SMILES string of the molecule is Cc1c2c(cc3c1O/C(=C\c1ccccc1Cl)C3=O)CN(C1CCCC1)CO2. The first-order valence-corrected chi connectivity index (χ1v) is 10.2. The van der Waals surface area contributed by atoms with Gasteiger partial charge in [-0.25, -0.2) is 0 Å². The Labute approximate surface area is 169 Å². The molecule has 2 heterocycles. The fraction of sp³-hybridized carbons (Fsp3) is 0.348. The number of benzene rings is 2. The van der Waals surface area contributed by atoms with Gasteiger partial charge in [-0.3, -0.25) is 9.69 Å². The van der Waals surface area contributed by atoms with E-state index in [1.807, 2.05) is 31.2 Å². The third kappa shape index (κ3) is 2.92. The number of halogens is 1. The molecule has 4 nitrogen and oxygen atoms in total. The standard InChI is InChI=1S/C23H22ClNO3/c1-14-22-16(12-25(13-27-22)17-7-3-4-8-17)10-18-21(26)20(28-23(14)18)11-15-6-2-5-9-19(15)24/h2,5-6,9-11,17H,3-4,7-8,12-13H2,1H3/b20-11-. The molecule has 0 atom stereocenters. The van der Waals surface area contributed by atoms with Crippen LogP contribution in [0, 0.1) is 6.92 Å². The van der Waals surface area contributed by atoms with Crippen molar-refractivity contribution in [3.63, 3.8) is 0 Å². The van der Waals surface area contributed by atoms with E-state index in [1.165, 1.54) is 25.7 Å². The van der Waals surface area contributed by atoms with E-state index in [1.54, 1.807) is 12.1 Å². The lowest BCUT2D eigenvalue weighted by Gasteiger charge is -2.34. The van der Waals surface area contributed by atoms with E-state index >= 15 is 0 Å². The number of hydrogen-bond donors (Lipinski definition) is 0. The van der Waals surface area contributed by atoms with Gasteiger partial charge < -0.3 is 9.47 Å². The number of ketones is 1. The minimum absolute atomic E-state index is 0.0983. The highest BCUT2D eigenvalue weighted by molar-refractivity contribution is 6.32. The van der Waals surface area contributed by atoms with Crippen LogP contribution < -0.4 is 9.47 Å². The molecule has 0 unspecified atom stereocenters. The minimum Gasteiger partial charge on any atom is -0.477 e. The Morgan fingerprint density at radius 1 is 1.18 bits per heavy atom. The summed E-state index contributed by atoms with van der Waals surface area (Å²) in [6.45, 7) is 3.40. The van der Waals surface area contributed by atoms with Gasteiger partial charge >= 0.3 is 0 Å². The molecule has 28 heavy (non-hydrogen) atoms. The number of rotatable bonds is 2. The van der Waals surface area contributed by atoms with E-state index in [-0.39, 0.29) is 5.78 Å². The number of hydrogen-bond acceptors (Lipinski definition) is 4. The predicted octanol–water partition coefficient (Wildman–Crippen LogP) is 5.36. The van der Waals surface area contributed by atoms with Gasteiger partial charge in [0.1, 0.15) is 18.2 Å². The van der Waals surface area contributed by atoms with Crippen molar-refractivity contribution in [3.8, 4) is 11.5 Å². The van der Waals surface area contributed by atoms with Gasteiger partial charge in [0.05, 0.1) is 5.56 Å². The Balaban J connectivity index is 1.49. The van der Waals surface area contributed by atoms with Gasteiger partial charge in [0, 0.05) is 28.7 Å². The van der Waals surface area contributed by atoms with Crippen LogP contribution in [0.1, 0.15) is 52.7 Å². The quantitative estimate of drug-likeness (QED) is 0.642. The van der Waals surface area contributed by atoms with Crippen molar-refractivity contribution in [1.82, 2.24) is 4.90 Å². The van der Waals surface area contributed by atoms with Crippen molar-refractivity contribution in [2.75, 3.05) is 6.73 Å². The summed E-state index contributed by atoms with van der Waals surface area (Å²) >= 11 is 6.24. The zero-order valence-electron chi connectivity index (χ0n) is 15.8. The second-order valence-electron chi connectivity index (χ2n) is 7.79. The summed E-state index contributed by atoms with van der Waals surface area (Å²) < 4.78 is 12.1. The average molecular weight is 396 g/mol. The summed E-state index contributed by atoms with van der Waals surface area (Å²) in [5.74, 6) is 1.68. The van der Waals surface area contributed by atoms with Gasteiger partial charge in [-0.15, -0.1) is 0 Å². The number of carbonyl (C=O) groups excluding carboxylic acids is 1. The van der Waals surface area contributed by atoms with Crippen molar-refractivity contribution in [2.45, 2.75) is 45.2 Å². The van der Waals surface area contributed by atoms with Gasteiger partial charge in [0.15, 0.2) is 5.76 Å². The lowest BCUT2D eigenvalue weighted by Crippen LogP contribution is -2.39. The summed E-state index contributed by atoms with van der Waals surface area (Å²) in [5.41, 5.74) is 3.36. The third-order valence-electron chi connectivity index (χ3n) is 6.00. The zero-order valence-corrected chi connectivity index (χ0v) is 16.6. The Morgan fingerprint density at radius 2 is 1.96 bits per heavy atom. The highest BCUT2D eigenvalue weighted by atomic mass is 35.5. The summed E-state index contributed by atoms with van der Waals surface area (Å²) in [7, 11) is 0. The molecule has 144 valence electrons. The summed E-state index contributed by atoms with van der Waals surface area (Å²) in [6, 6.07) is 9.96. The van der Waals surface area contributed by atoms with Crippen molar-refractivity contribution in [1.29, 1.82) is 0 Å². The van der Waals surface area contributed by atoms with Gasteiger partial charge in [-0.05, 0) is 43.5 Å². The Bertz CT molecular complexity index is 992. The van der Waals surface area contributed by atoms with E-state index in [0.717, 1.165) is 29.0 Å². The zero-order chi connectivity index (χ0) is 19.3. The summed E-state index contributed by atoms with van der Waals surface area (Å²) in [5, 5.41) is 0.592. The van der Waals surface area contributed by atoms with E-state index in [2.05, 4.69) is 4.90 Å². The number of nitrogens with zero attached hydrogens (tertiary/aromatic N) is 1. The smallest absolute Gasteiger partial charge is 0.231 e. The number of allylic oxidation sites excluding steroid dienone is 1. The Morgan fingerprint density at radius 3 is 2.75 bits per heavy atom. The molecule has 0 spiro atoms. The third-order valence-corrected chi connectivity index (χ3v) is 6.34. The minimum atomic E-state index is -0.0983. The van der Waals surface area contributed by atoms with Crippen molar-refractivity contribution >= 4 is 23.5 Å². The molecule has 5 rings (SSSR count). The molecule has 2 aliphatic heterocycles. The number of carbonyl (C=O) groups is 1. The lowest BCUT2D eigenvalue weighted by atomic mass is 9.99. The van der Waals surface area contributed by atoms with Crippen LogP contribution in [0.5, 0.6) is 11.5 Å². The molecule has 0 saturated heterocycles. The number of Topliss-reactive ketones (excluding diaryl/α,β-unsaturated/α-hetero) is 1. The molecule has 1 saturated carbocycles. The van der Waals surface area contributed by atoms with Crippen LogP contribution in [0.4, 0.5) is 0 Å². The topological polar surface area (TPSA) is 38.8 Å². The van der Waals surface area contributed by atoms with Crippen molar-refractivity contribution in [2.24, 2.45) is 0 Å². The first-order valence-electron chi connectivity index (χ1n) is 9.84. The fourth-order valence-corrected chi connectivity index (χ4v) is 4.69. The van der Waals surface area contributed by atoms with Crippen LogP contribution >= 0.6 is 11.6 Å². The molecule has 2 aromatic carbocycles. The molecular weight excluding hydrogens is 374 g/mol. The van der Waals surface area contributed by atoms with Crippen LogP contribution in [0.2, 0.25) is 5.02 Å². The average Bonchev–Trinajstić information content (AvgIpc) is 3.34. The molecule has 2 aromatic rings. The van der Waals surface area contributed by atoms with Crippen LogP contribution in [0.25, 0.3) is 6.08 Å². The normalized spacial score (nSPS) is 20.8. The van der Waals surface area contributed by atoms with Gasteiger partial charge in [-0.1, -0.05) is 42.6 Å². The molecule has 0 N–H and O–H groups in total. The summed E-state index contributed by atoms with van der Waals surface area (Å²) in [6.07, 6.45) is 6.76. The fourth-order valence-electron chi connectivity index (χ4n) is 4.50. The highest BCUT2D eigenvalue weighted by Gasteiger charge is 2.35. The largest absolute Gasteiger partial charge is 0.477 e. The Kier molecular flexibility index (Phi) is 4.41. The summed E-state index contributed by atoms with van der Waals surface area (Å²) in [4.78, 5) is 15.4. The first kappa shape index (κ1) is 17.8. The molecular formula is C23H22ClNO3. The van der Waals surface area contributed by atoms with E-state index in [4.69, 9.17) is 21.1 Å². The number of ether oxygens (including phenoxy) is 2. The number of fused-ring (bicyclic) bond motifs is 2. The second kappa shape index (κ2) is 6.94. The van der Waals surface area contributed by atoms with Crippen LogP contribution in [0.3, 0.4) is 0 Å². The van der Waals surface area contributed by atoms with E-state index in [9.17, 15) is 4.79 Å². The molecule has 0 bridgehead atoms. The highest BCUT2D eigenvalue weighted by Crippen LogP contribution is 2.44. The lowest BCUT2D eigenvalue weighted by molar-refractivity contribution is 0.0570. The van der Waals surface area contributed by atoms with Crippen molar-refractivity contribution < 1.29 is 14.3 Å². The molecule has 1 aliphatic carbocycles.